The maximum atomic E-state index is 11.6. The van der Waals surface area contributed by atoms with Crippen LogP contribution < -0.4 is 0 Å². The average molecular weight is 221 g/mol. The second-order valence-electron chi connectivity index (χ2n) is 3.58. The van der Waals surface area contributed by atoms with E-state index >= 15 is 0 Å². The highest BCUT2D eigenvalue weighted by atomic mass is 16.1. The number of rotatable bonds is 2. The molecule has 2 heteroatoms. The molecule has 17 heavy (non-hydrogen) atoms. The van der Waals surface area contributed by atoms with Gasteiger partial charge in [-0.15, -0.1) is 0 Å². The number of nitrogens with zero attached hydrogens (tertiary/aromatic N) is 1. The molecule has 0 fully saturated rings. The molecule has 0 bridgehead atoms. The minimum absolute atomic E-state index is 0.0833. The Balaban J connectivity index is 2.02. The number of benzene rings is 1. The summed E-state index contributed by atoms with van der Waals surface area (Å²) in [5, 5.41) is 0. The summed E-state index contributed by atoms with van der Waals surface area (Å²) in [7, 11) is 0. The van der Waals surface area contributed by atoms with Crippen molar-refractivity contribution in [1.82, 2.24) is 4.98 Å². The van der Waals surface area contributed by atoms with Gasteiger partial charge in [0.15, 0.2) is 0 Å². The molecule has 0 amide bonds. The fourth-order valence-corrected chi connectivity index (χ4v) is 1.40. The monoisotopic (exact) mass is 221 g/mol. The topological polar surface area (TPSA) is 30.0 Å². The highest BCUT2D eigenvalue weighted by Crippen LogP contribution is 2.00. The number of carbonyl (C=O) groups is 1. The number of Topliss-reactive ketones (excluding diaryl/α,β-unsaturated/α-hetero) is 1. The number of hydrogen-bond acceptors (Lipinski definition) is 2. The maximum absolute atomic E-state index is 11.6. The fourth-order valence-electron chi connectivity index (χ4n) is 1.40. The van der Waals surface area contributed by atoms with Crippen molar-refractivity contribution in [3.63, 3.8) is 0 Å². The lowest BCUT2D eigenvalue weighted by Crippen LogP contribution is -1.98. The molecule has 0 atom stereocenters. The number of ketones is 1. The molecule has 0 unspecified atom stereocenters. The molecule has 1 heterocycles. The van der Waals surface area contributed by atoms with Gasteiger partial charge in [0.1, 0.15) is 0 Å². The fraction of sp³-hybridized carbons (Fsp3) is 0.0667. The first-order chi connectivity index (χ1) is 8.34. The van der Waals surface area contributed by atoms with Crippen molar-refractivity contribution in [2.75, 3.05) is 0 Å². The lowest BCUT2D eigenvalue weighted by Gasteiger charge is -1.94. The zero-order chi connectivity index (χ0) is 11.9. The predicted octanol–water partition coefficient (Wildman–Crippen LogP) is 2.24. The summed E-state index contributed by atoms with van der Waals surface area (Å²) < 4.78 is 0. The third-order valence-corrected chi connectivity index (χ3v) is 2.22. The van der Waals surface area contributed by atoms with Gasteiger partial charge in [-0.05, 0) is 23.6 Å². The zero-order valence-corrected chi connectivity index (χ0v) is 9.26. The molecule has 82 valence electrons. The van der Waals surface area contributed by atoms with Crippen molar-refractivity contribution < 1.29 is 4.79 Å². The highest BCUT2D eigenvalue weighted by molar-refractivity contribution is 5.97. The summed E-state index contributed by atoms with van der Waals surface area (Å²) in [5.41, 5.74) is 1.74. The van der Waals surface area contributed by atoms with Gasteiger partial charge in [-0.2, -0.15) is 0 Å². The second-order valence-corrected chi connectivity index (χ2v) is 3.58. The lowest BCUT2D eigenvalue weighted by molar-refractivity contribution is -0.113. The van der Waals surface area contributed by atoms with Crippen molar-refractivity contribution in [2.24, 2.45) is 0 Å². The summed E-state index contributed by atoms with van der Waals surface area (Å²) >= 11 is 0. The van der Waals surface area contributed by atoms with Gasteiger partial charge in [-0.25, -0.2) is 0 Å². The summed E-state index contributed by atoms with van der Waals surface area (Å²) in [6, 6.07) is 13.2. The molecule has 0 aliphatic rings. The number of pyridine rings is 1. The van der Waals surface area contributed by atoms with Crippen LogP contribution >= 0.6 is 0 Å². The molecule has 0 radical (unpaired) electrons. The van der Waals surface area contributed by atoms with E-state index in [1.165, 1.54) is 0 Å². The normalized spacial score (nSPS) is 9.18. The van der Waals surface area contributed by atoms with Gasteiger partial charge in [-0.1, -0.05) is 36.3 Å². The molecule has 2 nitrogen and oxygen atoms in total. The van der Waals surface area contributed by atoms with Crippen LogP contribution in [0.15, 0.2) is 54.9 Å². The summed E-state index contributed by atoms with van der Waals surface area (Å²) in [6.07, 6.45) is 3.67. The second kappa shape index (κ2) is 5.62. The first kappa shape index (κ1) is 11.1. The Kier molecular flexibility index (Phi) is 3.67. The first-order valence-electron chi connectivity index (χ1n) is 5.33. The van der Waals surface area contributed by atoms with Gasteiger partial charge in [-0.3, -0.25) is 9.78 Å². The SMILES string of the molecule is O=C(C#Cc1cccnc1)Cc1ccccc1. The first-order valence-corrected chi connectivity index (χ1v) is 5.33. The molecule has 0 saturated carbocycles. The predicted molar refractivity (Wildman–Crippen MR) is 66.3 cm³/mol. The van der Waals surface area contributed by atoms with Gasteiger partial charge >= 0.3 is 0 Å². The van der Waals surface area contributed by atoms with Gasteiger partial charge in [0.2, 0.25) is 5.78 Å². The number of carbonyl (C=O) groups excluding carboxylic acids is 1. The summed E-state index contributed by atoms with van der Waals surface area (Å²) in [4.78, 5) is 15.5. The van der Waals surface area contributed by atoms with E-state index in [1.807, 2.05) is 36.4 Å². The van der Waals surface area contributed by atoms with Crippen molar-refractivity contribution in [1.29, 1.82) is 0 Å². The van der Waals surface area contributed by atoms with Gasteiger partial charge in [0.05, 0.1) is 0 Å². The van der Waals surface area contributed by atoms with Crippen LogP contribution in [0.25, 0.3) is 0 Å². The molecular formula is C15H11NO. The van der Waals surface area contributed by atoms with Gasteiger partial charge in [0.25, 0.3) is 0 Å². The van der Waals surface area contributed by atoms with Crippen molar-refractivity contribution >= 4 is 5.78 Å². The zero-order valence-electron chi connectivity index (χ0n) is 9.26. The molecule has 0 saturated heterocycles. The summed E-state index contributed by atoms with van der Waals surface area (Å²) in [5.74, 6) is 5.34. The molecular weight excluding hydrogens is 210 g/mol. The van der Waals surface area contributed by atoms with Crippen LogP contribution in [0.3, 0.4) is 0 Å². The van der Waals surface area contributed by atoms with Crippen molar-refractivity contribution in [2.45, 2.75) is 6.42 Å². The Bertz CT molecular complexity index is 550. The largest absolute Gasteiger partial charge is 0.285 e. The van der Waals surface area contributed by atoms with E-state index in [0.29, 0.717) is 6.42 Å². The third-order valence-electron chi connectivity index (χ3n) is 2.22. The van der Waals surface area contributed by atoms with E-state index in [4.69, 9.17) is 0 Å². The van der Waals surface area contributed by atoms with Crippen molar-refractivity contribution in [3.05, 3.63) is 66.0 Å². The number of hydrogen-bond donors (Lipinski definition) is 0. The van der Waals surface area contributed by atoms with Crippen LogP contribution in [0.1, 0.15) is 11.1 Å². The van der Waals surface area contributed by atoms with Gasteiger partial charge < -0.3 is 0 Å². The molecule has 1 aromatic heterocycles. The Hall–Kier alpha value is -2.40. The standard InChI is InChI=1S/C15H11NO/c17-15(11-13-5-2-1-3-6-13)9-8-14-7-4-10-16-12-14/h1-7,10,12H,11H2. The maximum Gasteiger partial charge on any atom is 0.210 e. The Labute approximate surface area is 100 Å². The van der Waals surface area contributed by atoms with Crippen LogP contribution in [0, 0.1) is 11.8 Å². The van der Waals surface area contributed by atoms with Crippen LogP contribution in [-0.2, 0) is 11.2 Å². The molecule has 2 aromatic rings. The Morgan fingerprint density at radius 3 is 2.65 bits per heavy atom. The smallest absolute Gasteiger partial charge is 0.210 e. The van der Waals surface area contributed by atoms with E-state index in [2.05, 4.69) is 16.8 Å². The minimum atomic E-state index is -0.0833. The molecule has 0 aliphatic carbocycles. The van der Waals surface area contributed by atoms with E-state index in [9.17, 15) is 4.79 Å². The Morgan fingerprint density at radius 1 is 1.12 bits per heavy atom. The minimum Gasteiger partial charge on any atom is -0.285 e. The van der Waals surface area contributed by atoms with E-state index in [1.54, 1.807) is 18.5 Å². The van der Waals surface area contributed by atoms with E-state index in [0.717, 1.165) is 11.1 Å². The lowest BCUT2D eigenvalue weighted by atomic mass is 10.1. The van der Waals surface area contributed by atoms with Crippen LogP contribution in [0.5, 0.6) is 0 Å². The van der Waals surface area contributed by atoms with E-state index < -0.39 is 0 Å². The van der Waals surface area contributed by atoms with E-state index in [-0.39, 0.29) is 5.78 Å². The van der Waals surface area contributed by atoms with Gasteiger partial charge in [0, 0.05) is 24.4 Å². The summed E-state index contributed by atoms with van der Waals surface area (Å²) in [6.45, 7) is 0. The molecule has 0 N–H and O–H groups in total. The molecule has 2 rings (SSSR count). The third kappa shape index (κ3) is 3.58. The van der Waals surface area contributed by atoms with Crippen LogP contribution in [0.4, 0.5) is 0 Å². The Morgan fingerprint density at radius 2 is 1.94 bits per heavy atom. The van der Waals surface area contributed by atoms with Crippen LogP contribution in [0.2, 0.25) is 0 Å². The molecule has 0 spiro atoms. The quantitative estimate of drug-likeness (QED) is 0.728. The molecule has 0 aliphatic heterocycles. The van der Waals surface area contributed by atoms with Crippen LogP contribution in [-0.4, -0.2) is 10.8 Å². The average Bonchev–Trinajstić information content (AvgIpc) is 2.39. The van der Waals surface area contributed by atoms with Crippen molar-refractivity contribution in [3.8, 4) is 11.8 Å². The highest BCUT2D eigenvalue weighted by Gasteiger charge is 1.98. The molecule has 1 aromatic carbocycles. The number of aromatic nitrogens is 1.